The number of anilines is 2. The number of benzene rings is 2. The lowest BCUT2D eigenvalue weighted by atomic mass is 10.2. The highest BCUT2D eigenvalue weighted by molar-refractivity contribution is 7.92. The van der Waals surface area contributed by atoms with Crippen LogP contribution in [0.5, 0.6) is 0 Å². The number of carbonyl (C=O) groups is 1. The predicted octanol–water partition coefficient (Wildman–Crippen LogP) is 4.93. The highest BCUT2D eigenvalue weighted by atomic mass is 32.2. The van der Waals surface area contributed by atoms with E-state index in [9.17, 15) is 26.4 Å². The van der Waals surface area contributed by atoms with Crippen LogP contribution in [0.4, 0.5) is 24.7 Å². The fourth-order valence-corrected chi connectivity index (χ4v) is 4.51. The van der Waals surface area contributed by atoms with Crippen molar-refractivity contribution in [3.63, 3.8) is 0 Å². The number of alkyl halides is 3. The SMILES string of the molecule is CC(C1CC1)n1nccc1NC(=O)c1ccc(S(=O)(=O)Nc2cccc(C(F)(F)F)c2)cc1. The lowest BCUT2D eigenvalue weighted by Gasteiger charge is -2.15. The van der Waals surface area contributed by atoms with E-state index in [0.29, 0.717) is 17.8 Å². The number of rotatable bonds is 7. The quantitative estimate of drug-likeness (QED) is 0.504. The Kier molecular flexibility index (Phi) is 5.91. The maximum Gasteiger partial charge on any atom is 0.416 e. The summed E-state index contributed by atoms with van der Waals surface area (Å²) in [6.07, 6.45) is -0.746. The van der Waals surface area contributed by atoms with Crippen molar-refractivity contribution in [2.45, 2.75) is 36.9 Å². The van der Waals surface area contributed by atoms with E-state index in [1.54, 1.807) is 16.9 Å². The van der Waals surface area contributed by atoms with Gasteiger partial charge in [0, 0.05) is 17.3 Å². The molecule has 0 spiro atoms. The van der Waals surface area contributed by atoms with Gasteiger partial charge in [0.2, 0.25) is 0 Å². The van der Waals surface area contributed by atoms with E-state index in [4.69, 9.17) is 0 Å². The van der Waals surface area contributed by atoms with Gasteiger partial charge < -0.3 is 5.32 Å². The van der Waals surface area contributed by atoms with Crippen LogP contribution in [0.1, 0.15) is 41.7 Å². The minimum absolute atomic E-state index is 0.157. The molecule has 1 aliphatic carbocycles. The van der Waals surface area contributed by atoms with Crippen molar-refractivity contribution < 1.29 is 26.4 Å². The predicted molar refractivity (Wildman–Crippen MR) is 116 cm³/mol. The zero-order chi connectivity index (χ0) is 23.8. The topological polar surface area (TPSA) is 93.1 Å². The molecule has 1 heterocycles. The fourth-order valence-electron chi connectivity index (χ4n) is 3.46. The first-order chi connectivity index (χ1) is 15.5. The van der Waals surface area contributed by atoms with Crippen LogP contribution in [0.25, 0.3) is 0 Å². The number of hydrogen-bond donors (Lipinski definition) is 2. The third kappa shape index (κ3) is 5.19. The third-order valence-electron chi connectivity index (χ3n) is 5.47. The Bertz CT molecular complexity index is 1270. The van der Waals surface area contributed by atoms with Crippen molar-refractivity contribution in [1.82, 2.24) is 9.78 Å². The second kappa shape index (κ2) is 8.54. The summed E-state index contributed by atoms with van der Waals surface area (Å²) in [5.41, 5.74) is -0.963. The molecule has 33 heavy (non-hydrogen) atoms. The highest BCUT2D eigenvalue weighted by Gasteiger charge is 2.31. The Balaban J connectivity index is 1.47. The van der Waals surface area contributed by atoms with E-state index in [0.717, 1.165) is 25.0 Å². The van der Waals surface area contributed by atoms with Gasteiger partial charge in [0.25, 0.3) is 15.9 Å². The molecule has 174 valence electrons. The van der Waals surface area contributed by atoms with Gasteiger partial charge in [-0.2, -0.15) is 18.3 Å². The molecule has 7 nitrogen and oxygen atoms in total. The van der Waals surface area contributed by atoms with Crippen LogP contribution in [0.2, 0.25) is 0 Å². The minimum Gasteiger partial charge on any atom is -0.307 e. The molecule has 1 aliphatic rings. The molecule has 3 aromatic rings. The zero-order valence-corrected chi connectivity index (χ0v) is 18.3. The molecule has 0 saturated heterocycles. The van der Waals surface area contributed by atoms with Crippen LogP contribution in [0.15, 0.2) is 65.7 Å². The molecule has 0 aliphatic heterocycles. The van der Waals surface area contributed by atoms with E-state index in [2.05, 4.69) is 15.1 Å². The van der Waals surface area contributed by atoms with E-state index in [1.807, 2.05) is 6.92 Å². The minimum atomic E-state index is -4.59. The molecule has 1 unspecified atom stereocenters. The molecule has 0 radical (unpaired) electrons. The number of halogens is 3. The lowest BCUT2D eigenvalue weighted by Crippen LogP contribution is -2.19. The summed E-state index contributed by atoms with van der Waals surface area (Å²) < 4.78 is 67.7. The van der Waals surface area contributed by atoms with E-state index in [-0.39, 0.29) is 22.2 Å². The summed E-state index contributed by atoms with van der Waals surface area (Å²) in [4.78, 5) is 12.4. The third-order valence-corrected chi connectivity index (χ3v) is 6.87. The van der Waals surface area contributed by atoms with Gasteiger partial charge in [0.15, 0.2) is 0 Å². The van der Waals surface area contributed by atoms with E-state index < -0.39 is 27.7 Å². The monoisotopic (exact) mass is 478 g/mol. The van der Waals surface area contributed by atoms with Gasteiger partial charge in [0.1, 0.15) is 5.82 Å². The van der Waals surface area contributed by atoms with Crippen molar-refractivity contribution in [2.24, 2.45) is 5.92 Å². The molecule has 1 aromatic heterocycles. The van der Waals surface area contributed by atoms with E-state index in [1.165, 1.54) is 30.3 Å². The molecular formula is C22H21F3N4O3S. The van der Waals surface area contributed by atoms with Crippen LogP contribution in [-0.4, -0.2) is 24.1 Å². The van der Waals surface area contributed by atoms with E-state index >= 15 is 0 Å². The Morgan fingerprint density at radius 3 is 2.45 bits per heavy atom. The molecule has 1 saturated carbocycles. The van der Waals surface area contributed by atoms with Crippen LogP contribution >= 0.6 is 0 Å². The van der Waals surface area contributed by atoms with Crippen molar-refractivity contribution in [3.8, 4) is 0 Å². The van der Waals surface area contributed by atoms with Gasteiger partial charge in [-0.25, -0.2) is 13.1 Å². The normalized spacial score (nSPS) is 15.2. The molecule has 2 aromatic carbocycles. The lowest BCUT2D eigenvalue weighted by molar-refractivity contribution is -0.137. The number of hydrogen-bond acceptors (Lipinski definition) is 4. The molecular weight excluding hydrogens is 457 g/mol. The summed E-state index contributed by atoms with van der Waals surface area (Å²) in [7, 11) is -4.15. The van der Waals surface area contributed by atoms with Gasteiger partial charge in [0.05, 0.1) is 22.7 Å². The largest absolute Gasteiger partial charge is 0.416 e. The second-order valence-electron chi connectivity index (χ2n) is 7.90. The Morgan fingerprint density at radius 2 is 1.82 bits per heavy atom. The molecule has 1 amide bonds. The molecule has 2 N–H and O–H groups in total. The summed E-state index contributed by atoms with van der Waals surface area (Å²) >= 11 is 0. The summed E-state index contributed by atoms with van der Waals surface area (Å²) in [5.74, 6) is 0.645. The standard InChI is InChI=1S/C22H21F3N4O3S/c1-14(15-5-6-15)29-20(11-12-26-29)27-21(30)16-7-9-19(10-8-16)33(31,32)28-18-4-2-3-17(13-18)22(23,24)25/h2-4,7-15,28H,5-6H2,1H3,(H,27,30). The Morgan fingerprint density at radius 1 is 1.12 bits per heavy atom. The number of carbonyl (C=O) groups excluding carboxylic acids is 1. The first-order valence-corrected chi connectivity index (χ1v) is 11.7. The second-order valence-corrected chi connectivity index (χ2v) is 9.58. The highest BCUT2D eigenvalue weighted by Crippen LogP contribution is 2.40. The summed E-state index contributed by atoms with van der Waals surface area (Å²) in [5, 5.41) is 7.05. The van der Waals surface area contributed by atoms with Crippen molar-refractivity contribution in [3.05, 3.63) is 71.9 Å². The van der Waals surface area contributed by atoms with Crippen molar-refractivity contribution in [1.29, 1.82) is 0 Å². The van der Waals surface area contributed by atoms with Gasteiger partial charge in [-0.1, -0.05) is 6.07 Å². The molecule has 1 fully saturated rings. The van der Waals surface area contributed by atoms with Gasteiger partial charge in [-0.3, -0.25) is 9.52 Å². The van der Waals surface area contributed by atoms with Crippen molar-refractivity contribution >= 4 is 27.4 Å². The summed E-state index contributed by atoms with van der Waals surface area (Å²) in [6, 6.07) is 10.8. The Labute approximate surface area is 188 Å². The first-order valence-electron chi connectivity index (χ1n) is 10.2. The van der Waals surface area contributed by atoms with Crippen LogP contribution in [0.3, 0.4) is 0 Å². The number of amides is 1. The molecule has 1 atom stereocenters. The smallest absolute Gasteiger partial charge is 0.307 e. The first kappa shape index (κ1) is 22.8. The number of nitrogens with zero attached hydrogens (tertiary/aromatic N) is 2. The maximum absolute atomic E-state index is 12.9. The molecule has 11 heteroatoms. The molecule has 0 bridgehead atoms. The van der Waals surface area contributed by atoms with Gasteiger partial charge in [-0.15, -0.1) is 0 Å². The van der Waals surface area contributed by atoms with Crippen LogP contribution in [0, 0.1) is 5.92 Å². The average molecular weight is 478 g/mol. The summed E-state index contributed by atoms with van der Waals surface area (Å²) in [6.45, 7) is 2.04. The molecule has 4 rings (SSSR count). The fraction of sp³-hybridized carbons (Fsp3) is 0.273. The van der Waals surface area contributed by atoms with Gasteiger partial charge in [-0.05, 0) is 68.1 Å². The average Bonchev–Trinajstić information content (AvgIpc) is 3.52. The van der Waals surface area contributed by atoms with Crippen LogP contribution in [-0.2, 0) is 16.2 Å². The van der Waals surface area contributed by atoms with Crippen molar-refractivity contribution in [2.75, 3.05) is 10.0 Å². The zero-order valence-electron chi connectivity index (χ0n) is 17.5. The Hall–Kier alpha value is -3.34. The number of nitrogens with one attached hydrogen (secondary N) is 2. The maximum atomic E-state index is 12.9. The number of aromatic nitrogens is 2. The number of sulfonamides is 1. The van der Waals surface area contributed by atoms with Crippen LogP contribution < -0.4 is 10.0 Å². The van der Waals surface area contributed by atoms with Gasteiger partial charge >= 0.3 is 6.18 Å².